The molecule has 1 fully saturated rings. The van der Waals surface area contributed by atoms with Gasteiger partial charge in [-0.2, -0.15) is 5.26 Å². The maximum atomic E-state index is 12.0. The molecule has 0 aliphatic carbocycles. The number of ether oxygens (including phenoxy) is 1. The molecule has 0 spiro atoms. The smallest absolute Gasteiger partial charge is 0.221 e. The van der Waals surface area contributed by atoms with Gasteiger partial charge in [-0.15, -0.1) is 0 Å². The molecule has 6 nitrogen and oxygen atoms in total. The molecule has 0 saturated carbocycles. The molecule has 1 amide bonds. The minimum Gasteiger partial charge on any atom is -0.497 e. The number of hydrogen-bond acceptors (Lipinski definition) is 5. The van der Waals surface area contributed by atoms with Gasteiger partial charge in [0, 0.05) is 38.3 Å². The first kappa shape index (κ1) is 21.2. The molecule has 6 heteroatoms. The van der Waals surface area contributed by atoms with E-state index in [9.17, 15) is 10.1 Å². The zero-order valence-corrected chi connectivity index (χ0v) is 18.5. The SMILES string of the molecule is COc1ccc(-c2ccc3c(c2)N(C[C@H](C)NC2(C#N)CCCN2C(C)=O)CC3)cc1. The summed E-state index contributed by atoms with van der Waals surface area (Å²) in [6, 6.07) is 17.2. The number of hydrogen-bond donors (Lipinski definition) is 1. The standard InChI is InChI=1S/C25H30N4O2/c1-18(27-25(17-26)12-4-13-29(25)19(2)30)16-28-14-11-21-5-6-22(15-24(21)28)20-7-9-23(31-3)10-8-20/h5-10,15,18,27H,4,11-14,16H2,1-3H3/t18-,25?/m0/s1. The van der Waals surface area contributed by atoms with Gasteiger partial charge in [0.25, 0.3) is 0 Å². The first-order valence-electron chi connectivity index (χ1n) is 11.0. The Bertz CT molecular complexity index is 998. The van der Waals surface area contributed by atoms with Gasteiger partial charge in [0.05, 0.1) is 7.11 Å². The maximum absolute atomic E-state index is 12.0. The highest BCUT2D eigenvalue weighted by atomic mass is 16.5. The number of nitriles is 1. The second-order valence-corrected chi connectivity index (χ2v) is 8.56. The van der Waals surface area contributed by atoms with Crippen LogP contribution in [0.5, 0.6) is 5.75 Å². The number of nitrogens with one attached hydrogen (secondary N) is 1. The van der Waals surface area contributed by atoms with Crippen LogP contribution in [0.25, 0.3) is 11.1 Å². The van der Waals surface area contributed by atoms with Gasteiger partial charge in [-0.25, -0.2) is 0 Å². The molecule has 0 aromatic heterocycles. The van der Waals surface area contributed by atoms with Gasteiger partial charge in [-0.1, -0.05) is 24.3 Å². The van der Waals surface area contributed by atoms with E-state index in [1.165, 1.54) is 16.8 Å². The zero-order valence-electron chi connectivity index (χ0n) is 18.5. The third-order valence-corrected chi connectivity index (χ3v) is 6.43. The Morgan fingerprint density at radius 2 is 1.97 bits per heavy atom. The van der Waals surface area contributed by atoms with Crippen molar-refractivity contribution in [1.29, 1.82) is 5.26 Å². The highest BCUT2D eigenvalue weighted by molar-refractivity contribution is 5.75. The lowest BCUT2D eigenvalue weighted by Gasteiger charge is -2.36. The number of rotatable bonds is 6. The molecule has 2 aromatic rings. The fourth-order valence-corrected chi connectivity index (χ4v) is 4.93. The highest BCUT2D eigenvalue weighted by Gasteiger charge is 2.43. The Balaban J connectivity index is 1.50. The van der Waals surface area contributed by atoms with E-state index in [4.69, 9.17) is 4.74 Å². The molecule has 31 heavy (non-hydrogen) atoms. The molecule has 0 bridgehead atoms. The number of amides is 1. The first-order chi connectivity index (χ1) is 15.0. The fraction of sp³-hybridized carbons (Fsp3) is 0.440. The first-order valence-corrected chi connectivity index (χ1v) is 11.0. The average molecular weight is 419 g/mol. The molecule has 2 aliphatic heterocycles. The van der Waals surface area contributed by atoms with E-state index < -0.39 is 5.66 Å². The highest BCUT2D eigenvalue weighted by Crippen LogP contribution is 2.34. The topological polar surface area (TPSA) is 68.6 Å². The summed E-state index contributed by atoms with van der Waals surface area (Å²) in [5.41, 5.74) is 4.06. The number of likely N-dealkylation sites (tertiary alicyclic amines) is 1. The van der Waals surface area contributed by atoms with Crippen LogP contribution in [0, 0.1) is 11.3 Å². The molecule has 162 valence electrons. The second-order valence-electron chi connectivity index (χ2n) is 8.56. The van der Waals surface area contributed by atoms with Crippen LogP contribution in [0.2, 0.25) is 0 Å². The summed E-state index contributed by atoms with van der Waals surface area (Å²) in [6.45, 7) is 6.03. The molecule has 2 atom stereocenters. The van der Waals surface area contributed by atoms with Crippen molar-refractivity contribution in [1.82, 2.24) is 10.2 Å². The number of carbonyl (C=O) groups is 1. The Kier molecular flexibility index (Phi) is 5.88. The van der Waals surface area contributed by atoms with E-state index in [-0.39, 0.29) is 11.9 Å². The van der Waals surface area contributed by atoms with Crippen LogP contribution < -0.4 is 15.0 Å². The summed E-state index contributed by atoms with van der Waals surface area (Å²) in [5, 5.41) is 13.4. The van der Waals surface area contributed by atoms with Gasteiger partial charge in [0.1, 0.15) is 11.8 Å². The van der Waals surface area contributed by atoms with Crippen LogP contribution in [-0.4, -0.2) is 49.3 Å². The number of carbonyl (C=O) groups excluding carboxylic acids is 1. The lowest BCUT2D eigenvalue weighted by Crippen LogP contribution is -2.60. The Morgan fingerprint density at radius 1 is 1.23 bits per heavy atom. The molecule has 2 heterocycles. The van der Waals surface area contributed by atoms with Crippen molar-refractivity contribution >= 4 is 11.6 Å². The van der Waals surface area contributed by atoms with Gasteiger partial charge in [-0.05, 0) is 61.1 Å². The summed E-state index contributed by atoms with van der Waals surface area (Å²) in [4.78, 5) is 16.1. The van der Waals surface area contributed by atoms with Crippen LogP contribution in [0.15, 0.2) is 42.5 Å². The van der Waals surface area contributed by atoms with E-state index >= 15 is 0 Å². The second kappa shape index (κ2) is 8.60. The average Bonchev–Trinajstić information content (AvgIpc) is 3.38. The normalized spacial score (nSPS) is 21.0. The monoisotopic (exact) mass is 418 g/mol. The molecule has 4 rings (SSSR count). The Labute approximate surface area is 184 Å². The summed E-state index contributed by atoms with van der Waals surface area (Å²) in [7, 11) is 1.68. The van der Waals surface area contributed by atoms with Crippen molar-refractivity contribution < 1.29 is 9.53 Å². The van der Waals surface area contributed by atoms with Crippen LogP contribution in [0.1, 0.15) is 32.3 Å². The minimum atomic E-state index is -0.890. The van der Waals surface area contributed by atoms with Crippen molar-refractivity contribution in [2.75, 3.05) is 31.6 Å². The fourth-order valence-electron chi connectivity index (χ4n) is 4.93. The molecule has 1 N–H and O–H groups in total. The van der Waals surface area contributed by atoms with Crippen molar-refractivity contribution in [3.8, 4) is 22.9 Å². The number of fused-ring (bicyclic) bond motifs is 1. The summed E-state index contributed by atoms with van der Waals surface area (Å²) in [6.07, 6.45) is 2.55. The van der Waals surface area contributed by atoms with Gasteiger partial charge < -0.3 is 14.5 Å². The quantitative estimate of drug-likeness (QED) is 0.777. The van der Waals surface area contributed by atoms with E-state index in [1.807, 2.05) is 12.1 Å². The van der Waals surface area contributed by atoms with Crippen molar-refractivity contribution in [3.05, 3.63) is 48.0 Å². The molecule has 0 radical (unpaired) electrons. The minimum absolute atomic E-state index is 0.0469. The molecular formula is C25H30N4O2. The molecule has 2 aromatic carbocycles. The van der Waals surface area contributed by atoms with E-state index in [2.05, 4.69) is 53.5 Å². The van der Waals surface area contributed by atoms with Gasteiger partial charge in [-0.3, -0.25) is 10.1 Å². The largest absolute Gasteiger partial charge is 0.497 e. The maximum Gasteiger partial charge on any atom is 0.221 e. The molecule has 2 aliphatic rings. The van der Waals surface area contributed by atoms with Crippen LogP contribution in [0.4, 0.5) is 5.69 Å². The molecule has 1 unspecified atom stereocenters. The lowest BCUT2D eigenvalue weighted by atomic mass is 10.0. The van der Waals surface area contributed by atoms with Crippen molar-refractivity contribution in [3.63, 3.8) is 0 Å². The Morgan fingerprint density at radius 3 is 2.65 bits per heavy atom. The molecule has 1 saturated heterocycles. The predicted octanol–water partition coefficient (Wildman–Crippen LogP) is 3.56. The predicted molar refractivity (Wildman–Crippen MR) is 122 cm³/mol. The summed E-state index contributed by atoms with van der Waals surface area (Å²) >= 11 is 0. The molecular weight excluding hydrogens is 388 g/mol. The van der Waals surface area contributed by atoms with Crippen molar-refractivity contribution in [2.45, 2.75) is 44.8 Å². The van der Waals surface area contributed by atoms with E-state index in [0.717, 1.165) is 37.2 Å². The third kappa shape index (κ3) is 4.11. The zero-order chi connectivity index (χ0) is 22.0. The third-order valence-electron chi connectivity index (χ3n) is 6.43. The van der Waals surface area contributed by atoms with E-state index in [0.29, 0.717) is 13.0 Å². The lowest BCUT2D eigenvalue weighted by molar-refractivity contribution is -0.132. The van der Waals surface area contributed by atoms with E-state index in [1.54, 1.807) is 18.9 Å². The van der Waals surface area contributed by atoms with Crippen molar-refractivity contribution in [2.24, 2.45) is 0 Å². The number of anilines is 1. The Hall–Kier alpha value is -3.04. The summed E-state index contributed by atoms with van der Waals surface area (Å²) in [5.74, 6) is 0.804. The summed E-state index contributed by atoms with van der Waals surface area (Å²) < 4.78 is 5.27. The van der Waals surface area contributed by atoms with Crippen LogP contribution in [0.3, 0.4) is 0 Å². The number of nitrogens with zero attached hydrogens (tertiary/aromatic N) is 3. The van der Waals surface area contributed by atoms with Crippen LogP contribution >= 0.6 is 0 Å². The number of benzene rings is 2. The van der Waals surface area contributed by atoms with Crippen LogP contribution in [-0.2, 0) is 11.2 Å². The van der Waals surface area contributed by atoms with Gasteiger partial charge in [0.2, 0.25) is 5.91 Å². The van der Waals surface area contributed by atoms with Gasteiger partial charge in [0.15, 0.2) is 5.66 Å². The van der Waals surface area contributed by atoms with Gasteiger partial charge >= 0.3 is 0 Å². The number of methoxy groups -OCH3 is 1.